The second-order valence-electron chi connectivity index (χ2n) is 3.55. The molecular formula is C12H8N4OS. The van der Waals surface area contributed by atoms with Gasteiger partial charge < -0.3 is 4.98 Å². The van der Waals surface area contributed by atoms with Crippen LogP contribution in [-0.2, 0) is 0 Å². The predicted octanol–water partition coefficient (Wildman–Crippen LogP) is 1.96. The molecule has 5 nitrogen and oxygen atoms in total. The number of thiophene rings is 1. The molecule has 0 saturated carbocycles. The Morgan fingerprint density at radius 1 is 1.11 bits per heavy atom. The first-order valence-corrected chi connectivity index (χ1v) is 6.12. The van der Waals surface area contributed by atoms with E-state index >= 15 is 0 Å². The summed E-state index contributed by atoms with van der Waals surface area (Å²) in [5.41, 5.74) is 0.757. The quantitative estimate of drug-likeness (QED) is 0.760. The Morgan fingerprint density at radius 2 is 1.94 bits per heavy atom. The summed E-state index contributed by atoms with van der Waals surface area (Å²) in [7, 11) is 0. The van der Waals surface area contributed by atoms with Crippen LogP contribution in [0.2, 0.25) is 0 Å². The third kappa shape index (κ3) is 2.05. The molecule has 3 heterocycles. The van der Waals surface area contributed by atoms with Crippen LogP contribution < -0.4 is 5.56 Å². The normalized spacial score (nSPS) is 10.4. The first-order chi connectivity index (χ1) is 8.83. The van der Waals surface area contributed by atoms with Gasteiger partial charge in [-0.2, -0.15) is 0 Å². The molecule has 0 amide bonds. The Labute approximate surface area is 106 Å². The van der Waals surface area contributed by atoms with Crippen LogP contribution in [0.15, 0.2) is 47.0 Å². The molecule has 1 N–H and O–H groups in total. The molecule has 18 heavy (non-hydrogen) atoms. The van der Waals surface area contributed by atoms with Crippen LogP contribution in [0, 0.1) is 0 Å². The van der Waals surface area contributed by atoms with Gasteiger partial charge in [-0.25, -0.2) is 15.0 Å². The first-order valence-electron chi connectivity index (χ1n) is 5.24. The van der Waals surface area contributed by atoms with Crippen LogP contribution in [-0.4, -0.2) is 19.9 Å². The van der Waals surface area contributed by atoms with Crippen molar-refractivity contribution in [3.8, 4) is 22.1 Å². The second kappa shape index (κ2) is 4.50. The lowest BCUT2D eigenvalue weighted by molar-refractivity contribution is 1.13. The minimum Gasteiger partial charge on any atom is -0.306 e. The van der Waals surface area contributed by atoms with Crippen LogP contribution in [0.5, 0.6) is 0 Å². The average Bonchev–Trinajstić information content (AvgIpc) is 2.89. The number of nitrogens with one attached hydrogen (secondary N) is 1. The molecule has 6 heteroatoms. The number of rotatable bonds is 2. The molecule has 0 aliphatic heterocycles. The molecule has 0 aliphatic rings. The molecule has 3 aromatic heterocycles. The molecule has 0 radical (unpaired) electrons. The van der Waals surface area contributed by atoms with Gasteiger partial charge in [-0.15, -0.1) is 11.3 Å². The van der Waals surface area contributed by atoms with E-state index in [1.54, 1.807) is 18.5 Å². The summed E-state index contributed by atoms with van der Waals surface area (Å²) in [6.45, 7) is 0. The molecule has 0 aliphatic carbocycles. The van der Waals surface area contributed by atoms with Crippen LogP contribution >= 0.6 is 11.3 Å². The fourth-order valence-electron chi connectivity index (χ4n) is 1.52. The van der Waals surface area contributed by atoms with E-state index in [0.29, 0.717) is 11.6 Å². The summed E-state index contributed by atoms with van der Waals surface area (Å²) in [4.78, 5) is 27.3. The average molecular weight is 256 g/mol. The number of hydrogen-bond donors (Lipinski definition) is 1. The third-order valence-electron chi connectivity index (χ3n) is 2.33. The lowest BCUT2D eigenvalue weighted by Gasteiger charge is -1.94. The number of aromatic amines is 1. The Kier molecular flexibility index (Phi) is 2.70. The topological polar surface area (TPSA) is 71.5 Å². The minimum atomic E-state index is -0.161. The Balaban J connectivity index is 2.02. The van der Waals surface area contributed by atoms with E-state index in [1.807, 2.05) is 11.4 Å². The summed E-state index contributed by atoms with van der Waals surface area (Å²) in [6, 6.07) is 5.07. The van der Waals surface area contributed by atoms with Crippen molar-refractivity contribution in [1.29, 1.82) is 0 Å². The predicted molar refractivity (Wildman–Crippen MR) is 69.2 cm³/mol. The van der Waals surface area contributed by atoms with E-state index in [9.17, 15) is 4.79 Å². The summed E-state index contributed by atoms with van der Waals surface area (Å²) in [6.07, 6.45) is 4.89. The molecular weight excluding hydrogens is 248 g/mol. The zero-order chi connectivity index (χ0) is 12.4. The molecule has 0 atom stereocenters. The van der Waals surface area contributed by atoms with Gasteiger partial charge in [0.25, 0.3) is 5.56 Å². The van der Waals surface area contributed by atoms with Gasteiger partial charge in [0.2, 0.25) is 0 Å². The van der Waals surface area contributed by atoms with Crippen LogP contribution in [0.25, 0.3) is 22.1 Å². The molecule has 0 aromatic carbocycles. The van der Waals surface area contributed by atoms with Gasteiger partial charge >= 0.3 is 0 Å². The van der Waals surface area contributed by atoms with Gasteiger partial charge in [-0.05, 0) is 12.1 Å². The van der Waals surface area contributed by atoms with Gasteiger partial charge in [0.15, 0.2) is 5.82 Å². The van der Waals surface area contributed by atoms with Crippen molar-refractivity contribution in [2.75, 3.05) is 0 Å². The minimum absolute atomic E-state index is 0.161. The van der Waals surface area contributed by atoms with Crippen molar-refractivity contribution in [1.82, 2.24) is 19.9 Å². The summed E-state index contributed by atoms with van der Waals surface area (Å²) in [5, 5.41) is 1.94. The maximum atomic E-state index is 11.2. The number of H-pyrrole nitrogens is 1. The van der Waals surface area contributed by atoms with Crippen molar-refractivity contribution < 1.29 is 0 Å². The highest BCUT2D eigenvalue weighted by atomic mass is 32.1. The number of hydrogen-bond acceptors (Lipinski definition) is 5. The molecule has 3 aromatic rings. The number of nitrogens with zero attached hydrogens (tertiary/aromatic N) is 3. The molecule has 88 valence electrons. The van der Waals surface area contributed by atoms with Gasteiger partial charge in [-0.1, -0.05) is 0 Å². The SMILES string of the molecule is O=c1ccnc(-c2cc(-c3ncccn3)cs2)[nH]1. The molecule has 0 saturated heterocycles. The smallest absolute Gasteiger partial charge is 0.251 e. The number of aromatic nitrogens is 4. The van der Waals surface area contributed by atoms with E-state index < -0.39 is 0 Å². The van der Waals surface area contributed by atoms with Crippen molar-refractivity contribution in [3.05, 3.63) is 52.5 Å². The standard InChI is InChI=1S/C12H8N4OS/c17-10-2-5-15-12(16-10)9-6-8(7-18-9)11-13-3-1-4-14-11/h1-7H,(H,15,16,17). The molecule has 0 bridgehead atoms. The van der Waals surface area contributed by atoms with Crippen LogP contribution in [0.1, 0.15) is 0 Å². The highest BCUT2D eigenvalue weighted by Crippen LogP contribution is 2.28. The van der Waals surface area contributed by atoms with Crippen LogP contribution in [0.4, 0.5) is 0 Å². The van der Waals surface area contributed by atoms with Crippen molar-refractivity contribution in [2.45, 2.75) is 0 Å². The molecule has 0 spiro atoms. The Bertz CT molecular complexity index is 720. The molecule has 0 fully saturated rings. The van der Waals surface area contributed by atoms with Crippen molar-refractivity contribution in [2.24, 2.45) is 0 Å². The fourth-order valence-corrected chi connectivity index (χ4v) is 2.36. The zero-order valence-corrected chi connectivity index (χ0v) is 10.0. The van der Waals surface area contributed by atoms with Gasteiger partial charge in [0, 0.05) is 35.6 Å². The highest BCUT2D eigenvalue weighted by molar-refractivity contribution is 7.13. The maximum Gasteiger partial charge on any atom is 0.251 e. The zero-order valence-electron chi connectivity index (χ0n) is 9.20. The second-order valence-corrected chi connectivity index (χ2v) is 4.47. The summed E-state index contributed by atoms with van der Waals surface area (Å²) in [5.74, 6) is 1.23. The maximum absolute atomic E-state index is 11.2. The lowest BCUT2D eigenvalue weighted by Crippen LogP contribution is -2.05. The van der Waals surface area contributed by atoms with Gasteiger partial charge in [0.05, 0.1) is 4.88 Å². The van der Waals surface area contributed by atoms with Crippen molar-refractivity contribution >= 4 is 11.3 Å². The van der Waals surface area contributed by atoms with Gasteiger partial charge in [0.1, 0.15) is 5.82 Å². The highest BCUT2D eigenvalue weighted by Gasteiger charge is 2.07. The third-order valence-corrected chi connectivity index (χ3v) is 3.26. The van der Waals surface area contributed by atoms with E-state index in [2.05, 4.69) is 19.9 Å². The van der Waals surface area contributed by atoms with E-state index in [-0.39, 0.29) is 5.56 Å². The largest absolute Gasteiger partial charge is 0.306 e. The van der Waals surface area contributed by atoms with E-state index in [1.165, 1.54) is 23.6 Å². The lowest BCUT2D eigenvalue weighted by atomic mass is 10.3. The monoisotopic (exact) mass is 256 g/mol. The van der Waals surface area contributed by atoms with Crippen LogP contribution in [0.3, 0.4) is 0 Å². The first kappa shape index (κ1) is 10.8. The Morgan fingerprint density at radius 3 is 2.72 bits per heavy atom. The van der Waals surface area contributed by atoms with Crippen molar-refractivity contribution in [3.63, 3.8) is 0 Å². The molecule has 3 rings (SSSR count). The van der Waals surface area contributed by atoms with E-state index in [4.69, 9.17) is 0 Å². The fraction of sp³-hybridized carbons (Fsp3) is 0. The molecule has 0 unspecified atom stereocenters. The Hall–Kier alpha value is -2.34. The summed E-state index contributed by atoms with van der Waals surface area (Å²) < 4.78 is 0. The summed E-state index contributed by atoms with van der Waals surface area (Å²) >= 11 is 1.49. The van der Waals surface area contributed by atoms with E-state index in [0.717, 1.165) is 10.4 Å². The van der Waals surface area contributed by atoms with Gasteiger partial charge in [-0.3, -0.25) is 4.79 Å².